The smallest absolute Gasteiger partial charge is 0.128 e. The summed E-state index contributed by atoms with van der Waals surface area (Å²) in [5.41, 5.74) is 0. The molecule has 1 radical (unpaired) electrons. The van der Waals surface area contributed by atoms with Gasteiger partial charge in [-0.05, 0) is 6.04 Å². The van der Waals surface area contributed by atoms with Gasteiger partial charge in [-0.1, -0.05) is 13.3 Å². The van der Waals surface area contributed by atoms with Gasteiger partial charge in [-0.25, -0.2) is 0 Å². The minimum atomic E-state index is -1.01. The van der Waals surface area contributed by atoms with E-state index in [0.717, 1.165) is 6.42 Å². The molecular formula is C4H11O2Si. The van der Waals surface area contributed by atoms with Gasteiger partial charge in [-0.2, -0.15) is 0 Å². The van der Waals surface area contributed by atoms with Gasteiger partial charge < -0.3 is 10.2 Å². The van der Waals surface area contributed by atoms with Gasteiger partial charge in [0.05, 0.1) is 9.52 Å². The summed E-state index contributed by atoms with van der Waals surface area (Å²) in [6.07, 6.45) is 0.962. The lowest BCUT2D eigenvalue weighted by molar-refractivity contribution is 0.0297. The Labute approximate surface area is 46.0 Å². The second kappa shape index (κ2) is 4.30. The maximum atomic E-state index is 8.27. The molecule has 0 amide bonds. The van der Waals surface area contributed by atoms with Crippen molar-refractivity contribution in [3.8, 4) is 0 Å². The fraction of sp³-hybridized carbons (Fsp3) is 0.750. The zero-order valence-electron chi connectivity index (χ0n) is 4.46. The van der Waals surface area contributed by atoms with Crippen molar-refractivity contribution in [1.82, 2.24) is 0 Å². The summed E-state index contributed by atoms with van der Waals surface area (Å²) in [6.45, 7) is 2.00. The van der Waals surface area contributed by atoms with Crippen LogP contribution < -0.4 is 0 Å². The molecule has 0 bridgehead atoms. The molecule has 0 aromatic heterocycles. The van der Waals surface area contributed by atoms with Gasteiger partial charge in [0.15, 0.2) is 0 Å². The second-order valence-electron chi connectivity index (χ2n) is 1.41. The van der Waals surface area contributed by atoms with Crippen LogP contribution in [0.2, 0.25) is 0 Å². The minimum Gasteiger partial charge on any atom is -0.373 e. The number of aliphatic hydroxyl groups is 2. The molecule has 0 aliphatic rings. The summed E-state index contributed by atoms with van der Waals surface area (Å²) in [5.74, 6) is -1.01. The van der Waals surface area contributed by atoms with E-state index in [4.69, 9.17) is 10.2 Å². The Morgan fingerprint density at radius 1 is 1.71 bits per heavy atom. The summed E-state index contributed by atoms with van der Waals surface area (Å²) >= 11 is 0. The predicted molar refractivity (Wildman–Crippen MR) is 31.4 cm³/mol. The van der Waals surface area contributed by atoms with Crippen LogP contribution in [-0.4, -0.2) is 25.6 Å². The lowest BCUT2D eigenvalue weighted by Gasteiger charge is -1.96. The van der Waals surface area contributed by atoms with E-state index in [-0.39, 0.29) is 0 Å². The van der Waals surface area contributed by atoms with E-state index in [1.165, 1.54) is 0 Å². The van der Waals surface area contributed by atoms with E-state index in [1.807, 2.05) is 13.0 Å². The summed E-state index contributed by atoms with van der Waals surface area (Å²) in [4.78, 5) is 0. The lowest BCUT2D eigenvalue weighted by atomic mass is 10.6. The molecule has 0 fully saturated rings. The molecule has 2 nitrogen and oxygen atoms in total. The van der Waals surface area contributed by atoms with Crippen molar-refractivity contribution < 1.29 is 10.2 Å². The first-order valence-corrected chi connectivity index (χ1v) is 4.08. The highest BCUT2D eigenvalue weighted by atomic mass is 28.2. The van der Waals surface area contributed by atoms with Crippen LogP contribution in [0.15, 0.2) is 0 Å². The van der Waals surface area contributed by atoms with Crippen LogP contribution in [0.4, 0.5) is 0 Å². The van der Waals surface area contributed by atoms with Gasteiger partial charge in [0.25, 0.3) is 0 Å². The third-order valence-electron chi connectivity index (χ3n) is 0.666. The third-order valence-corrected chi connectivity index (χ3v) is 2.00. The first-order chi connectivity index (χ1) is 3.27. The van der Waals surface area contributed by atoms with Crippen LogP contribution in [0.1, 0.15) is 13.3 Å². The van der Waals surface area contributed by atoms with Gasteiger partial charge in [-0.15, -0.1) is 0 Å². The fourth-order valence-corrected chi connectivity index (χ4v) is 0.947. The number of hydrogen-bond acceptors (Lipinski definition) is 2. The molecule has 43 valence electrons. The Hall–Kier alpha value is 0.137. The van der Waals surface area contributed by atoms with Crippen molar-refractivity contribution in [2.24, 2.45) is 0 Å². The van der Waals surface area contributed by atoms with Crippen molar-refractivity contribution in [2.75, 3.05) is 0 Å². The van der Waals surface area contributed by atoms with E-state index in [9.17, 15) is 0 Å². The van der Waals surface area contributed by atoms with Crippen molar-refractivity contribution in [2.45, 2.75) is 19.3 Å². The average molecular weight is 119 g/mol. The van der Waals surface area contributed by atoms with Crippen LogP contribution in [0, 0.1) is 6.04 Å². The average Bonchev–Trinajstić information content (AvgIpc) is 1.61. The van der Waals surface area contributed by atoms with Gasteiger partial charge in [0.2, 0.25) is 0 Å². The highest BCUT2D eigenvalue weighted by molar-refractivity contribution is 6.40. The largest absolute Gasteiger partial charge is 0.373 e. The third kappa shape index (κ3) is 6.14. The molecule has 0 unspecified atom stereocenters. The summed E-state index contributed by atoms with van der Waals surface area (Å²) in [7, 11) is -0.668. The molecule has 0 heterocycles. The monoisotopic (exact) mass is 119 g/mol. The molecule has 0 rings (SSSR count). The maximum absolute atomic E-state index is 8.27. The first kappa shape index (κ1) is 7.14. The van der Waals surface area contributed by atoms with Gasteiger partial charge in [0.1, 0.15) is 5.91 Å². The Kier molecular flexibility index (Phi) is 4.38. The van der Waals surface area contributed by atoms with Crippen LogP contribution in [0.25, 0.3) is 0 Å². The fourth-order valence-electron chi connectivity index (χ4n) is 0.316. The highest BCUT2D eigenvalue weighted by Gasteiger charge is 1.93. The zero-order valence-corrected chi connectivity index (χ0v) is 5.88. The SMILES string of the molecule is CC[CH][SiH2]C(O)O. The van der Waals surface area contributed by atoms with Crippen LogP contribution in [0.5, 0.6) is 0 Å². The molecule has 2 N–H and O–H groups in total. The zero-order chi connectivity index (χ0) is 5.70. The molecule has 0 aromatic carbocycles. The molecule has 0 aliphatic heterocycles. The number of aliphatic hydroxyl groups excluding tert-OH is 1. The second-order valence-corrected chi connectivity index (χ2v) is 3.19. The Bertz CT molecular complexity index is 38.7. The maximum Gasteiger partial charge on any atom is 0.128 e. The molecular weight excluding hydrogens is 108 g/mol. The molecule has 7 heavy (non-hydrogen) atoms. The van der Waals surface area contributed by atoms with Crippen molar-refractivity contribution >= 4 is 9.52 Å². The van der Waals surface area contributed by atoms with Crippen LogP contribution in [0.3, 0.4) is 0 Å². The molecule has 0 saturated heterocycles. The number of hydrogen-bond donors (Lipinski definition) is 2. The van der Waals surface area contributed by atoms with Gasteiger partial charge in [0, 0.05) is 0 Å². The summed E-state index contributed by atoms with van der Waals surface area (Å²) in [5, 5.41) is 16.5. The molecule has 0 spiro atoms. The standard InChI is InChI=1S/C4H11O2Si/c1-2-3-7-4(5)6/h3-6H,2,7H2,1H3. The summed E-state index contributed by atoms with van der Waals surface area (Å²) < 4.78 is 0. The Balaban J connectivity index is 2.68. The van der Waals surface area contributed by atoms with E-state index >= 15 is 0 Å². The van der Waals surface area contributed by atoms with E-state index < -0.39 is 15.4 Å². The quantitative estimate of drug-likeness (QED) is 0.369. The van der Waals surface area contributed by atoms with E-state index in [2.05, 4.69) is 0 Å². The molecule has 0 saturated carbocycles. The molecule has 0 aromatic rings. The van der Waals surface area contributed by atoms with Crippen molar-refractivity contribution in [1.29, 1.82) is 0 Å². The Morgan fingerprint density at radius 2 is 2.29 bits per heavy atom. The van der Waals surface area contributed by atoms with Crippen molar-refractivity contribution in [3.63, 3.8) is 0 Å². The molecule has 0 atom stereocenters. The van der Waals surface area contributed by atoms with Crippen LogP contribution >= 0.6 is 0 Å². The van der Waals surface area contributed by atoms with Crippen molar-refractivity contribution in [3.05, 3.63) is 6.04 Å². The normalized spacial score (nSPS) is 12.0. The predicted octanol–water partition coefficient (Wildman–Crippen LogP) is -1.00. The lowest BCUT2D eigenvalue weighted by Crippen LogP contribution is -2.14. The van der Waals surface area contributed by atoms with Gasteiger partial charge in [-0.3, -0.25) is 0 Å². The molecule has 0 aliphatic carbocycles. The number of rotatable bonds is 3. The molecule has 3 heteroatoms. The van der Waals surface area contributed by atoms with Gasteiger partial charge >= 0.3 is 0 Å². The Morgan fingerprint density at radius 3 is 2.43 bits per heavy atom. The topological polar surface area (TPSA) is 40.5 Å². The summed E-state index contributed by atoms with van der Waals surface area (Å²) in [6, 6.07) is 1.96. The van der Waals surface area contributed by atoms with E-state index in [0.29, 0.717) is 0 Å². The highest BCUT2D eigenvalue weighted by Crippen LogP contribution is 1.82. The first-order valence-electron chi connectivity index (χ1n) is 2.45. The van der Waals surface area contributed by atoms with E-state index in [1.54, 1.807) is 0 Å². The minimum absolute atomic E-state index is 0.668. The van der Waals surface area contributed by atoms with Crippen LogP contribution in [-0.2, 0) is 0 Å².